The highest BCUT2D eigenvalue weighted by Gasteiger charge is 2.66. The lowest BCUT2D eigenvalue weighted by Crippen LogP contribution is -2.75. The van der Waals surface area contributed by atoms with Crippen LogP contribution in [0.25, 0.3) is 0 Å². The summed E-state index contributed by atoms with van der Waals surface area (Å²) < 4.78 is 37.2. The van der Waals surface area contributed by atoms with Crippen molar-refractivity contribution in [2.75, 3.05) is 13.7 Å². The summed E-state index contributed by atoms with van der Waals surface area (Å²) in [5, 5.41) is 2.53. The molecule has 1 aliphatic rings. The van der Waals surface area contributed by atoms with Crippen molar-refractivity contribution in [1.82, 2.24) is 5.32 Å². The first-order valence-electron chi connectivity index (χ1n) is 11.4. The minimum Gasteiger partial charge on any atom is -0.464 e. The molecule has 15 nitrogen and oxygen atoms in total. The van der Waals surface area contributed by atoms with Gasteiger partial charge in [0.15, 0.2) is 12.2 Å². The van der Waals surface area contributed by atoms with Gasteiger partial charge in [0.25, 0.3) is 0 Å². The number of carbonyl (C=O) groups is 7. The van der Waals surface area contributed by atoms with Crippen LogP contribution in [0.5, 0.6) is 0 Å². The maximum atomic E-state index is 13.0. The molecule has 1 saturated heterocycles. The highest BCUT2D eigenvalue weighted by Crippen LogP contribution is 2.43. The first-order valence-corrected chi connectivity index (χ1v) is 11.4. The smallest absolute Gasteiger partial charge is 0.379 e. The van der Waals surface area contributed by atoms with E-state index >= 15 is 0 Å². The number of ether oxygens (including phenoxy) is 7. The monoisotopic (exact) mass is 547 g/mol. The van der Waals surface area contributed by atoms with Crippen molar-refractivity contribution in [2.45, 2.75) is 90.6 Å². The molecule has 1 aliphatic heterocycles. The standard InChI is InChI=1S/C23H33NO14/c1-11(25)24-19-17(34-13(3)27)9-23(21(31)32-8,37-16(6)30)38-22(19,7)20(36-15(5)29)18(35-14(4)28)10-33-12(2)26/h17-20H,9-10H2,1-8H3,(H,24,25)/t17-,18+,19+,20+,22+,23-/m0/s1. The number of hydrogen-bond donors (Lipinski definition) is 1. The molecule has 0 aromatic heterocycles. The van der Waals surface area contributed by atoms with Crippen molar-refractivity contribution in [3.05, 3.63) is 0 Å². The average Bonchev–Trinajstić information content (AvgIpc) is 2.75. The number of methoxy groups -OCH3 is 1. The Morgan fingerprint density at radius 3 is 1.87 bits per heavy atom. The van der Waals surface area contributed by atoms with E-state index in [1.165, 1.54) is 6.92 Å². The zero-order chi connectivity index (χ0) is 29.4. The molecular weight excluding hydrogens is 514 g/mol. The van der Waals surface area contributed by atoms with Crippen LogP contribution in [-0.4, -0.2) is 91.2 Å². The molecule has 0 aliphatic carbocycles. The lowest BCUT2D eigenvalue weighted by molar-refractivity contribution is -0.334. The Balaban J connectivity index is 3.98. The first-order chi connectivity index (χ1) is 17.5. The third-order valence-corrected chi connectivity index (χ3v) is 5.29. The summed E-state index contributed by atoms with van der Waals surface area (Å²) in [6.45, 7) is 6.82. The zero-order valence-corrected chi connectivity index (χ0v) is 22.4. The highest BCUT2D eigenvalue weighted by molar-refractivity contribution is 5.82. The third-order valence-electron chi connectivity index (χ3n) is 5.29. The molecule has 1 rings (SSSR count). The Morgan fingerprint density at radius 1 is 0.868 bits per heavy atom. The van der Waals surface area contributed by atoms with Crippen molar-refractivity contribution < 1.29 is 66.7 Å². The average molecular weight is 548 g/mol. The van der Waals surface area contributed by atoms with Gasteiger partial charge in [0.1, 0.15) is 18.3 Å². The van der Waals surface area contributed by atoms with E-state index < -0.39 is 90.5 Å². The molecule has 0 bridgehead atoms. The van der Waals surface area contributed by atoms with Crippen LogP contribution < -0.4 is 5.32 Å². The van der Waals surface area contributed by atoms with Crippen molar-refractivity contribution in [3.63, 3.8) is 0 Å². The predicted octanol–water partition coefficient (Wildman–Crippen LogP) is -0.539. The lowest BCUT2D eigenvalue weighted by atomic mass is 9.78. The molecule has 0 radical (unpaired) electrons. The largest absolute Gasteiger partial charge is 0.464 e. The summed E-state index contributed by atoms with van der Waals surface area (Å²) >= 11 is 0. The SMILES string of the molecule is COC(=O)[C@]1(OC(C)=O)C[C@H](OC(C)=O)[C@@H](NC(C)=O)[C@](C)([C@H](OC(C)=O)[C@@H](COC(C)=O)OC(C)=O)O1. The first kappa shape index (κ1) is 32.3. The summed E-state index contributed by atoms with van der Waals surface area (Å²) in [5.41, 5.74) is -2.17. The number of esters is 6. The molecule has 38 heavy (non-hydrogen) atoms. The van der Waals surface area contributed by atoms with Crippen molar-refractivity contribution in [1.29, 1.82) is 0 Å². The summed E-state index contributed by atoms with van der Waals surface area (Å²) in [5.74, 6) is -8.93. The van der Waals surface area contributed by atoms with Crippen molar-refractivity contribution in [3.8, 4) is 0 Å². The van der Waals surface area contributed by atoms with E-state index in [0.29, 0.717) is 0 Å². The molecule has 0 aromatic carbocycles. The second-order valence-electron chi connectivity index (χ2n) is 8.63. The fourth-order valence-corrected chi connectivity index (χ4v) is 4.18. The number of carbonyl (C=O) groups excluding carboxylic acids is 7. The van der Waals surface area contributed by atoms with Gasteiger partial charge < -0.3 is 38.5 Å². The van der Waals surface area contributed by atoms with Gasteiger partial charge >= 0.3 is 41.6 Å². The normalized spacial score (nSPS) is 26.0. The van der Waals surface area contributed by atoms with Gasteiger partial charge in [0.2, 0.25) is 5.91 Å². The van der Waals surface area contributed by atoms with E-state index in [0.717, 1.165) is 48.7 Å². The molecule has 1 fully saturated rings. The van der Waals surface area contributed by atoms with Crippen LogP contribution in [0, 0.1) is 0 Å². The lowest BCUT2D eigenvalue weighted by Gasteiger charge is -2.53. The van der Waals surface area contributed by atoms with Gasteiger partial charge in [0, 0.05) is 41.5 Å². The van der Waals surface area contributed by atoms with Crippen LogP contribution in [0.4, 0.5) is 0 Å². The Kier molecular flexibility index (Phi) is 11.2. The predicted molar refractivity (Wildman–Crippen MR) is 122 cm³/mol. The molecule has 0 spiro atoms. The molecule has 1 N–H and O–H groups in total. The van der Waals surface area contributed by atoms with Gasteiger partial charge in [-0.25, -0.2) is 4.79 Å². The molecule has 214 valence electrons. The van der Waals surface area contributed by atoms with E-state index in [9.17, 15) is 33.6 Å². The highest BCUT2D eigenvalue weighted by atomic mass is 16.8. The summed E-state index contributed by atoms with van der Waals surface area (Å²) in [6, 6.07) is -1.41. The van der Waals surface area contributed by atoms with E-state index in [4.69, 9.17) is 33.2 Å². The third kappa shape index (κ3) is 8.39. The van der Waals surface area contributed by atoms with Crippen LogP contribution in [-0.2, 0) is 66.7 Å². The quantitative estimate of drug-likeness (QED) is 0.270. The topological polar surface area (TPSA) is 196 Å². The van der Waals surface area contributed by atoms with Crippen LogP contribution in [0.15, 0.2) is 0 Å². The Labute approximate surface area is 218 Å². The molecule has 0 unspecified atom stereocenters. The van der Waals surface area contributed by atoms with Crippen LogP contribution in [0.3, 0.4) is 0 Å². The Hall–Kier alpha value is -3.75. The van der Waals surface area contributed by atoms with Gasteiger partial charge in [-0.05, 0) is 6.92 Å². The molecule has 15 heteroatoms. The van der Waals surface area contributed by atoms with Gasteiger partial charge in [-0.3, -0.25) is 28.8 Å². The Morgan fingerprint density at radius 2 is 1.45 bits per heavy atom. The summed E-state index contributed by atoms with van der Waals surface area (Å²) in [6.07, 6.45) is -5.42. The van der Waals surface area contributed by atoms with E-state index in [2.05, 4.69) is 5.32 Å². The molecule has 6 atom stereocenters. The van der Waals surface area contributed by atoms with Crippen molar-refractivity contribution >= 4 is 41.7 Å². The second kappa shape index (κ2) is 13.2. The van der Waals surface area contributed by atoms with Gasteiger partial charge in [-0.1, -0.05) is 0 Å². The van der Waals surface area contributed by atoms with E-state index in [-0.39, 0.29) is 0 Å². The molecular formula is C23H33NO14. The van der Waals surface area contributed by atoms with Crippen LogP contribution in [0.2, 0.25) is 0 Å². The summed E-state index contributed by atoms with van der Waals surface area (Å²) in [7, 11) is 0.973. The number of amides is 1. The number of nitrogens with one attached hydrogen (secondary N) is 1. The van der Waals surface area contributed by atoms with Crippen LogP contribution >= 0.6 is 0 Å². The summed E-state index contributed by atoms with van der Waals surface area (Å²) in [4.78, 5) is 84.9. The molecule has 0 saturated carbocycles. The zero-order valence-electron chi connectivity index (χ0n) is 22.4. The van der Waals surface area contributed by atoms with E-state index in [1.54, 1.807) is 0 Å². The molecule has 0 aromatic rings. The Bertz CT molecular complexity index is 964. The number of hydrogen-bond acceptors (Lipinski definition) is 14. The van der Waals surface area contributed by atoms with Gasteiger partial charge in [-0.15, -0.1) is 0 Å². The van der Waals surface area contributed by atoms with E-state index in [1.807, 2.05) is 0 Å². The maximum Gasteiger partial charge on any atom is 0.379 e. The molecule has 1 amide bonds. The van der Waals surface area contributed by atoms with Crippen LogP contribution in [0.1, 0.15) is 54.9 Å². The van der Waals surface area contributed by atoms with Gasteiger partial charge in [0.05, 0.1) is 19.6 Å². The maximum absolute atomic E-state index is 13.0. The minimum absolute atomic E-state index is 0.645. The fraction of sp³-hybridized carbons (Fsp3) is 0.696. The fourth-order valence-electron chi connectivity index (χ4n) is 4.18. The number of rotatable bonds is 10. The minimum atomic E-state index is -2.58. The van der Waals surface area contributed by atoms with Crippen molar-refractivity contribution in [2.24, 2.45) is 0 Å². The second-order valence-corrected chi connectivity index (χ2v) is 8.63. The van der Waals surface area contributed by atoms with Gasteiger partial charge in [-0.2, -0.15) is 0 Å². The molecule has 1 heterocycles.